The molecular formula is C10H10FN5. The topological polar surface area (TPSA) is 55.6 Å². The summed E-state index contributed by atoms with van der Waals surface area (Å²) in [6.45, 7) is 0.822. The summed E-state index contributed by atoms with van der Waals surface area (Å²) in [4.78, 5) is 8.18. The minimum absolute atomic E-state index is 0.0411. The molecule has 0 bridgehead atoms. The van der Waals surface area contributed by atoms with Crippen molar-refractivity contribution in [2.75, 3.05) is 11.9 Å². The van der Waals surface area contributed by atoms with Gasteiger partial charge in [-0.05, 0) is 18.6 Å². The van der Waals surface area contributed by atoms with E-state index in [1.54, 1.807) is 10.7 Å². The first-order chi connectivity index (χ1) is 7.84. The van der Waals surface area contributed by atoms with E-state index >= 15 is 0 Å². The Hall–Kier alpha value is -1.98. The lowest BCUT2D eigenvalue weighted by Crippen LogP contribution is -2.25. The van der Waals surface area contributed by atoms with Crippen LogP contribution in [0.2, 0.25) is 0 Å². The Bertz CT molecular complexity index is 492. The highest BCUT2D eigenvalue weighted by molar-refractivity contribution is 5.29. The van der Waals surface area contributed by atoms with Crippen molar-refractivity contribution in [1.29, 1.82) is 0 Å². The lowest BCUT2D eigenvalue weighted by Gasteiger charge is -2.23. The van der Waals surface area contributed by atoms with Gasteiger partial charge in [0.05, 0.1) is 17.9 Å². The molecule has 0 radical (unpaired) electrons. The summed E-state index contributed by atoms with van der Waals surface area (Å²) < 4.78 is 14.6. The van der Waals surface area contributed by atoms with Crippen LogP contribution in [0.3, 0.4) is 0 Å². The van der Waals surface area contributed by atoms with Crippen molar-refractivity contribution in [3.05, 3.63) is 36.2 Å². The SMILES string of the molecule is Fc1ccc(C2CCNc3ncnn32)nc1. The number of anilines is 1. The van der Waals surface area contributed by atoms with Crippen LogP contribution in [0.1, 0.15) is 18.2 Å². The molecule has 0 aromatic carbocycles. The van der Waals surface area contributed by atoms with E-state index in [0.717, 1.165) is 24.6 Å². The van der Waals surface area contributed by atoms with Crippen LogP contribution in [0.15, 0.2) is 24.7 Å². The van der Waals surface area contributed by atoms with Crippen LogP contribution in [0.25, 0.3) is 0 Å². The summed E-state index contributed by atoms with van der Waals surface area (Å²) in [5.74, 6) is 0.416. The van der Waals surface area contributed by atoms with Gasteiger partial charge in [-0.1, -0.05) is 0 Å². The predicted molar refractivity (Wildman–Crippen MR) is 55.5 cm³/mol. The van der Waals surface area contributed by atoms with Crippen molar-refractivity contribution >= 4 is 5.95 Å². The molecule has 3 rings (SSSR count). The molecule has 5 nitrogen and oxygen atoms in total. The van der Waals surface area contributed by atoms with E-state index < -0.39 is 0 Å². The van der Waals surface area contributed by atoms with Gasteiger partial charge >= 0.3 is 0 Å². The average Bonchev–Trinajstić information content (AvgIpc) is 2.78. The Morgan fingerprint density at radius 2 is 2.31 bits per heavy atom. The molecule has 2 aromatic heterocycles. The van der Waals surface area contributed by atoms with Gasteiger partial charge in [0.2, 0.25) is 5.95 Å². The number of pyridine rings is 1. The van der Waals surface area contributed by atoms with Gasteiger partial charge in [-0.3, -0.25) is 4.98 Å². The maximum atomic E-state index is 12.8. The molecule has 3 heterocycles. The van der Waals surface area contributed by atoms with E-state index in [4.69, 9.17) is 0 Å². The molecule has 0 fully saturated rings. The van der Waals surface area contributed by atoms with Crippen molar-refractivity contribution in [3.8, 4) is 0 Å². The van der Waals surface area contributed by atoms with Crippen molar-refractivity contribution in [1.82, 2.24) is 19.7 Å². The van der Waals surface area contributed by atoms with Crippen molar-refractivity contribution in [3.63, 3.8) is 0 Å². The van der Waals surface area contributed by atoms with E-state index in [1.807, 2.05) is 0 Å². The largest absolute Gasteiger partial charge is 0.354 e. The summed E-state index contributed by atoms with van der Waals surface area (Å²) in [5, 5.41) is 7.29. The molecule has 1 aliphatic rings. The van der Waals surface area contributed by atoms with Crippen LogP contribution in [0.4, 0.5) is 10.3 Å². The van der Waals surface area contributed by atoms with Crippen LogP contribution in [0.5, 0.6) is 0 Å². The number of hydrogen-bond acceptors (Lipinski definition) is 4. The van der Waals surface area contributed by atoms with E-state index in [1.165, 1.54) is 18.6 Å². The number of halogens is 1. The Morgan fingerprint density at radius 1 is 1.38 bits per heavy atom. The molecule has 82 valence electrons. The third-order valence-electron chi connectivity index (χ3n) is 2.66. The average molecular weight is 219 g/mol. The first-order valence-corrected chi connectivity index (χ1v) is 5.09. The van der Waals surface area contributed by atoms with Gasteiger partial charge in [-0.2, -0.15) is 10.1 Å². The number of nitrogens with zero attached hydrogens (tertiary/aromatic N) is 4. The third kappa shape index (κ3) is 1.42. The normalized spacial score (nSPS) is 18.9. The first-order valence-electron chi connectivity index (χ1n) is 5.09. The number of fused-ring (bicyclic) bond motifs is 1. The van der Waals surface area contributed by atoms with Crippen LogP contribution >= 0.6 is 0 Å². The van der Waals surface area contributed by atoms with Gasteiger partial charge in [0, 0.05) is 6.54 Å². The number of hydrogen-bond donors (Lipinski definition) is 1. The van der Waals surface area contributed by atoms with Gasteiger partial charge in [-0.15, -0.1) is 0 Å². The number of rotatable bonds is 1. The van der Waals surface area contributed by atoms with Gasteiger partial charge in [0.15, 0.2) is 0 Å². The molecule has 6 heteroatoms. The predicted octanol–water partition coefficient (Wildman–Crippen LogP) is 1.22. The molecule has 1 N–H and O–H groups in total. The van der Waals surface area contributed by atoms with Gasteiger partial charge in [0.1, 0.15) is 12.1 Å². The van der Waals surface area contributed by atoms with Crippen LogP contribution in [-0.2, 0) is 0 Å². The molecule has 0 saturated carbocycles. The molecule has 1 aliphatic heterocycles. The Kier molecular flexibility index (Phi) is 2.05. The summed E-state index contributed by atoms with van der Waals surface area (Å²) in [7, 11) is 0. The fraction of sp³-hybridized carbons (Fsp3) is 0.300. The standard InChI is InChI=1S/C10H10FN5/c11-7-1-2-8(13-5-7)9-3-4-12-10-14-6-15-16(9)10/h1-2,5-6,9H,3-4H2,(H,12,14,15). The van der Waals surface area contributed by atoms with E-state index in [0.29, 0.717) is 0 Å². The number of nitrogens with one attached hydrogen (secondary N) is 1. The van der Waals surface area contributed by atoms with Crippen LogP contribution in [0, 0.1) is 5.82 Å². The summed E-state index contributed by atoms with van der Waals surface area (Å²) in [6, 6.07) is 3.15. The molecule has 0 spiro atoms. The van der Waals surface area contributed by atoms with Crippen molar-refractivity contribution in [2.24, 2.45) is 0 Å². The zero-order valence-corrected chi connectivity index (χ0v) is 8.47. The fourth-order valence-electron chi connectivity index (χ4n) is 1.91. The molecule has 0 aliphatic carbocycles. The van der Waals surface area contributed by atoms with Crippen LogP contribution in [-0.4, -0.2) is 26.3 Å². The minimum Gasteiger partial charge on any atom is -0.354 e. The second kappa shape index (κ2) is 3.55. The second-order valence-electron chi connectivity index (χ2n) is 3.66. The van der Waals surface area contributed by atoms with Gasteiger partial charge in [-0.25, -0.2) is 9.07 Å². The smallest absolute Gasteiger partial charge is 0.221 e. The Morgan fingerprint density at radius 3 is 3.12 bits per heavy atom. The lowest BCUT2D eigenvalue weighted by molar-refractivity contribution is 0.468. The highest BCUT2D eigenvalue weighted by Crippen LogP contribution is 2.25. The second-order valence-corrected chi connectivity index (χ2v) is 3.66. The fourth-order valence-corrected chi connectivity index (χ4v) is 1.91. The van der Waals surface area contributed by atoms with Crippen molar-refractivity contribution in [2.45, 2.75) is 12.5 Å². The van der Waals surface area contributed by atoms with E-state index in [-0.39, 0.29) is 11.9 Å². The molecule has 0 saturated heterocycles. The van der Waals surface area contributed by atoms with E-state index in [2.05, 4.69) is 20.4 Å². The molecule has 1 atom stereocenters. The Balaban J connectivity index is 2.00. The minimum atomic E-state index is -0.323. The monoisotopic (exact) mass is 219 g/mol. The Labute approximate surface area is 91.3 Å². The lowest BCUT2D eigenvalue weighted by atomic mass is 10.1. The summed E-state index contributed by atoms with van der Waals surface area (Å²) in [6.07, 6.45) is 3.60. The third-order valence-corrected chi connectivity index (χ3v) is 2.66. The summed E-state index contributed by atoms with van der Waals surface area (Å²) in [5.41, 5.74) is 0.814. The van der Waals surface area contributed by atoms with Gasteiger partial charge in [0.25, 0.3) is 0 Å². The zero-order chi connectivity index (χ0) is 11.0. The number of aromatic nitrogens is 4. The van der Waals surface area contributed by atoms with Crippen molar-refractivity contribution < 1.29 is 4.39 Å². The maximum Gasteiger partial charge on any atom is 0.221 e. The quantitative estimate of drug-likeness (QED) is 0.783. The zero-order valence-electron chi connectivity index (χ0n) is 8.47. The van der Waals surface area contributed by atoms with Crippen LogP contribution < -0.4 is 5.32 Å². The highest BCUT2D eigenvalue weighted by atomic mass is 19.1. The molecule has 1 unspecified atom stereocenters. The first kappa shape index (κ1) is 9.26. The molecule has 0 amide bonds. The highest BCUT2D eigenvalue weighted by Gasteiger charge is 2.23. The summed E-state index contributed by atoms with van der Waals surface area (Å²) >= 11 is 0. The molecular weight excluding hydrogens is 209 g/mol. The molecule has 16 heavy (non-hydrogen) atoms. The van der Waals surface area contributed by atoms with Gasteiger partial charge < -0.3 is 5.32 Å². The van der Waals surface area contributed by atoms with E-state index in [9.17, 15) is 4.39 Å². The molecule has 2 aromatic rings. The maximum absolute atomic E-state index is 12.8.